The number of ether oxygens (including phenoxy) is 1. The molecule has 1 atom stereocenters. The summed E-state index contributed by atoms with van der Waals surface area (Å²) >= 11 is 6.01. The van der Waals surface area contributed by atoms with Crippen molar-refractivity contribution in [3.05, 3.63) is 70.7 Å². The zero-order chi connectivity index (χ0) is 26.2. The van der Waals surface area contributed by atoms with E-state index in [1.165, 1.54) is 12.1 Å². The molecule has 5 nitrogen and oxygen atoms in total. The fraction of sp³-hybridized carbons (Fsp3) is 0.381. The number of hydrogen-bond acceptors (Lipinski definition) is 4. The second kappa shape index (κ2) is 9.85. The standard InChI is InChI=1S/C21H25ClN2O3/c22-19-8-6-18(7-9-19)21(17-4-2-1-3-5-17)24-12-10-23(11-13-24)14-15-27-16-20(25)26/h1-9,21H,10-16H2,(H,25,26)/i10D2,11D2,12D2,13D2. The molecule has 0 amide bonds. The van der Waals surface area contributed by atoms with E-state index in [2.05, 4.69) is 0 Å². The van der Waals surface area contributed by atoms with Gasteiger partial charge in [0.15, 0.2) is 0 Å². The van der Waals surface area contributed by atoms with Gasteiger partial charge in [-0.1, -0.05) is 54.1 Å². The van der Waals surface area contributed by atoms with E-state index in [9.17, 15) is 4.79 Å². The molecule has 1 N–H and O–H groups in total. The van der Waals surface area contributed by atoms with Crippen LogP contribution >= 0.6 is 11.6 Å². The van der Waals surface area contributed by atoms with Gasteiger partial charge in [-0.05, 0) is 23.3 Å². The number of rotatable bonds is 8. The van der Waals surface area contributed by atoms with Crippen molar-refractivity contribution in [3.8, 4) is 0 Å². The number of aliphatic carboxylic acids is 1. The number of carboxylic acid groups (broad SMARTS) is 1. The summed E-state index contributed by atoms with van der Waals surface area (Å²) in [4.78, 5) is 11.7. The van der Waals surface area contributed by atoms with Crippen LogP contribution in [0.2, 0.25) is 5.02 Å². The Hall–Kier alpha value is -1.92. The number of hydrogen-bond donors (Lipinski definition) is 1. The van der Waals surface area contributed by atoms with Crippen molar-refractivity contribution < 1.29 is 25.6 Å². The van der Waals surface area contributed by atoms with Crippen molar-refractivity contribution in [1.82, 2.24) is 9.80 Å². The Bertz CT molecular complexity index is 1010. The molecule has 1 unspecified atom stereocenters. The monoisotopic (exact) mass is 396 g/mol. The van der Waals surface area contributed by atoms with Gasteiger partial charge in [0.05, 0.1) is 12.6 Å². The molecule has 2 aromatic rings. The molecule has 0 bridgehead atoms. The summed E-state index contributed by atoms with van der Waals surface area (Å²) in [5, 5.41) is 9.12. The fourth-order valence-corrected chi connectivity index (χ4v) is 2.74. The van der Waals surface area contributed by atoms with Crippen LogP contribution < -0.4 is 0 Å². The van der Waals surface area contributed by atoms with Gasteiger partial charge in [0.1, 0.15) is 6.61 Å². The predicted octanol–water partition coefficient (Wildman–Crippen LogP) is 3.15. The summed E-state index contributed by atoms with van der Waals surface area (Å²) in [6.07, 6.45) is 0. The summed E-state index contributed by atoms with van der Waals surface area (Å²) in [6, 6.07) is 13.3. The third-order valence-corrected chi connectivity index (χ3v) is 4.11. The zero-order valence-electron chi connectivity index (χ0n) is 22.4. The van der Waals surface area contributed by atoms with Crippen molar-refractivity contribution in [2.24, 2.45) is 0 Å². The Kier molecular flexibility index (Phi) is 4.31. The smallest absolute Gasteiger partial charge is 0.329 e. The molecule has 3 rings (SSSR count). The van der Waals surface area contributed by atoms with E-state index in [0.717, 1.165) is 0 Å². The lowest BCUT2D eigenvalue weighted by Crippen LogP contribution is -2.48. The maximum atomic E-state index is 10.7. The Morgan fingerprint density at radius 2 is 1.70 bits per heavy atom. The molecule has 1 fully saturated rings. The van der Waals surface area contributed by atoms with E-state index in [4.69, 9.17) is 32.4 Å². The predicted molar refractivity (Wildman–Crippen MR) is 106 cm³/mol. The molecule has 1 saturated heterocycles. The number of nitrogens with zero attached hydrogens (tertiary/aromatic N) is 2. The van der Waals surface area contributed by atoms with Gasteiger partial charge < -0.3 is 9.84 Å². The van der Waals surface area contributed by atoms with Crippen LogP contribution in [0.15, 0.2) is 54.6 Å². The lowest BCUT2D eigenvalue weighted by molar-refractivity contribution is -0.142. The second-order valence-corrected chi connectivity index (χ2v) is 6.22. The van der Waals surface area contributed by atoms with Gasteiger partial charge in [0, 0.05) is 48.5 Å². The molecule has 0 aliphatic carbocycles. The average Bonchev–Trinajstić information content (AvgIpc) is 2.76. The van der Waals surface area contributed by atoms with Gasteiger partial charge >= 0.3 is 5.97 Å². The third kappa shape index (κ3) is 5.78. The van der Waals surface area contributed by atoms with E-state index in [0.29, 0.717) is 25.9 Å². The molecule has 0 saturated carbocycles. The van der Waals surface area contributed by atoms with E-state index >= 15 is 0 Å². The molecular formula is C21H25ClN2O3. The van der Waals surface area contributed by atoms with Gasteiger partial charge in [-0.15, -0.1) is 0 Å². The minimum absolute atomic E-state index is 0.387. The van der Waals surface area contributed by atoms with Crippen molar-refractivity contribution in [3.63, 3.8) is 0 Å². The van der Waals surface area contributed by atoms with Gasteiger partial charge in [0.25, 0.3) is 0 Å². The zero-order valence-corrected chi connectivity index (χ0v) is 15.2. The van der Waals surface area contributed by atoms with Gasteiger partial charge in [0.2, 0.25) is 0 Å². The average molecular weight is 397 g/mol. The molecule has 1 aliphatic heterocycles. The van der Waals surface area contributed by atoms with E-state index in [-0.39, 0.29) is 0 Å². The van der Waals surface area contributed by atoms with Crippen LogP contribution in [0, 0.1) is 0 Å². The Labute approximate surface area is 176 Å². The van der Waals surface area contributed by atoms with Crippen molar-refractivity contribution in [2.75, 3.05) is 45.7 Å². The minimum Gasteiger partial charge on any atom is -0.480 e. The highest BCUT2D eigenvalue weighted by Crippen LogP contribution is 2.30. The molecular weight excluding hydrogens is 364 g/mol. The number of carboxylic acids is 1. The first-order chi connectivity index (χ1) is 16.2. The van der Waals surface area contributed by atoms with Crippen LogP contribution in [-0.2, 0) is 9.53 Å². The molecule has 2 aromatic carbocycles. The Morgan fingerprint density at radius 3 is 2.33 bits per heavy atom. The topological polar surface area (TPSA) is 53.0 Å². The highest BCUT2D eigenvalue weighted by molar-refractivity contribution is 6.30. The lowest BCUT2D eigenvalue weighted by Gasteiger charge is -2.39. The Balaban J connectivity index is 2.15. The molecule has 1 aliphatic rings. The molecule has 1 heterocycles. The first-order valence-corrected chi connectivity index (χ1v) is 8.70. The number of benzene rings is 2. The first kappa shape index (κ1) is 11.8. The van der Waals surface area contributed by atoms with Gasteiger partial charge in [-0.3, -0.25) is 9.80 Å². The molecule has 6 heteroatoms. The van der Waals surface area contributed by atoms with Crippen LogP contribution in [-0.4, -0.2) is 66.6 Å². The Morgan fingerprint density at radius 1 is 1.07 bits per heavy atom. The SMILES string of the molecule is [2H]C1([2H])N(CCOCC(=O)O)C([2H])([2H])C([2H])([2H])N(C(c2ccccc2)c2ccc(Cl)cc2)C1([2H])[2H]. The summed E-state index contributed by atoms with van der Waals surface area (Å²) in [5.74, 6) is -1.28. The maximum Gasteiger partial charge on any atom is 0.329 e. The van der Waals surface area contributed by atoms with Crippen LogP contribution in [0.25, 0.3) is 0 Å². The van der Waals surface area contributed by atoms with E-state index in [1.807, 2.05) is 0 Å². The van der Waals surface area contributed by atoms with Crippen molar-refractivity contribution in [2.45, 2.75) is 6.04 Å². The molecule has 27 heavy (non-hydrogen) atoms. The van der Waals surface area contributed by atoms with Crippen LogP contribution in [0.5, 0.6) is 0 Å². The summed E-state index contributed by atoms with van der Waals surface area (Å²) in [5.41, 5.74) is 0.811. The summed E-state index contributed by atoms with van der Waals surface area (Å²) in [7, 11) is 0. The fourth-order valence-electron chi connectivity index (χ4n) is 2.61. The van der Waals surface area contributed by atoms with Crippen molar-refractivity contribution >= 4 is 17.6 Å². The summed E-state index contributed by atoms with van der Waals surface area (Å²) in [6.45, 7) is -14.0. The lowest BCUT2D eigenvalue weighted by atomic mass is 9.96. The van der Waals surface area contributed by atoms with Gasteiger partial charge in [-0.25, -0.2) is 4.79 Å². The van der Waals surface area contributed by atoms with E-state index in [1.54, 1.807) is 42.5 Å². The number of carbonyl (C=O) groups is 1. The number of piperazine rings is 1. The molecule has 0 spiro atoms. The van der Waals surface area contributed by atoms with Crippen molar-refractivity contribution in [1.29, 1.82) is 0 Å². The van der Waals surface area contributed by atoms with Crippen LogP contribution in [0.4, 0.5) is 0 Å². The van der Waals surface area contributed by atoms with E-state index < -0.39 is 57.8 Å². The third-order valence-electron chi connectivity index (χ3n) is 3.85. The van der Waals surface area contributed by atoms with Gasteiger partial charge in [-0.2, -0.15) is 0 Å². The maximum absolute atomic E-state index is 10.7. The molecule has 0 aromatic heterocycles. The normalized spacial score (nSPS) is 28.8. The molecule has 144 valence electrons. The first-order valence-electron chi connectivity index (χ1n) is 12.3. The van der Waals surface area contributed by atoms with Crippen LogP contribution in [0.1, 0.15) is 28.1 Å². The minimum atomic E-state index is -3.06. The molecule has 0 radical (unpaired) electrons. The largest absolute Gasteiger partial charge is 0.480 e. The second-order valence-electron chi connectivity index (χ2n) is 5.78. The summed E-state index contributed by atoms with van der Waals surface area (Å²) < 4.78 is 74.4. The highest BCUT2D eigenvalue weighted by atomic mass is 35.5. The number of halogens is 1. The van der Waals surface area contributed by atoms with Crippen LogP contribution in [0.3, 0.4) is 0 Å². The highest BCUT2D eigenvalue weighted by Gasteiger charge is 2.26. The quantitative estimate of drug-likeness (QED) is 0.694.